The third kappa shape index (κ3) is 3.52. The molecule has 0 radical (unpaired) electrons. The summed E-state index contributed by atoms with van der Waals surface area (Å²) in [5.41, 5.74) is 5.49. The maximum atomic E-state index is 11.7. The van der Waals surface area contributed by atoms with E-state index in [0.717, 1.165) is 0 Å². The molecule has 2 aromatic rings. The number of carbonyl (C=O) groups excluding carboxylic acids is 1. The standard InChI is InChI=1S/C18H19ClN4O3/c1-3-5-6-14(24)25-11-18(4-2)9-7-13(26-18)23-10-8-12-15(20)21-17(19)22-16(12)23/h2-3,8,10,13H,1,5-7,9,11H2,(H2,20,21,22)/t13-,18+/m1/s1. The Morgan fingerprint density at radius 1 is 1.65 bits per heavy atom. The number of carbonyl (C=O) groups is 1. The second-order valence-corrected chi connectivity index (χ2v) is 6.41. The molecule has 0 aromatic carbocycles. The first-order valence-corrected chi connectivity index (χ1v) is 8.57. The highest BCUT2D eigenvalue weighted by atomic mass is 35.5. The van der Waals surface area contributed by atoms with Gasteiger partial charge in [-0.25, -0.2) is 4.98 Å². The van der Waals surface area contributed by atoms with Crippen molar-refractivity contribution in [2.24, 2.45) is 0 Å². The molecule has 1 saturated heterocycles. The third-order valence-corrected chi connectivity index (χ3v) is 4.49. The predicted octanol–water partition coefficient (Wildman–Crippen LogP) is 2.86. The van der Waals surface area contributed by atoms with Crippen LogP contribution >= 0.6 is 11.6 Å². The van der Waals surface area contributed by atoms with Crippen molar-refractivity contribution in [2.45, 2.75) is 37.5 Å². The summed E-state index contributed by atoms with van der Waals surface area (Å²) in [6.45, 7) is 3.59. The largest absolute Gasteiger partial charge is 0.462 e. The van der Waals surface area contributed by atoms with E-state index in [2.05, 4.69) is 22.5 Å². The van der Waals surface area contributed by atoms with Crippen LogP contribution in [0.1, 0.15) is 31.9 Å². The van der Waals surface area contributed by atoms with E-state index in [9.17, 15) is 4.79 Å². The number of hydrogen-bond acceptors (Lipinski definition) is 6. The summed E-state index contributed by atoms with van der Waals surface area (Å²) in [6, 6.07) is 1.80. The number of ether oxygens (including phenoxy) is 2. The van der Waals surface area contributed by atoms with Gasteiger partial charge in [-0.3, -0.25) is 4.79 Å². The minimum atomic E-state index is -0.965. The van der Waals surface area contributed by atoms with E-state index in [1.807, 2.05) is 4.57 Å². The van der Waals surface area contributed by atoms with Gasteiger partial charge in [0, 0.05) is 12.6 Å². The SMILES string of the molecule is C#C[C@@]1(COC(=O)CCC=C)CC[C@H](n2ccc3c(N)nc(Cl)nc32)O1. The Morgan fingerprint density at radius 2 is 2.46 bits per heavy atom. The fraction of sp³-hybridized carbons (Fsp3) is 0.389. The molecule has 2 aromatic heterocycles. The van der Waals surface area contributed by atoms with E-state index in [-0.39, 0.29) is 30.5 Å². The number of aromatic nitrogens is 3. The quantitative estimate of drug-likeness (QED) is 0.362. The molecule has 7 nitrogen and oxygen atoms in total. The van der Waals surface area contributed by atoms with Crippen LogP contribution in [0.3, 0.4) is 0 Å². The second-order valence-electron chi connectivity index (χ2n) is 6.08. The number of fused-ring (bicyclic) bond motifs is 1. The molecule has 1 fully saturated rings. The summed E-state index contributed by atoms with van der Waals surface area (Å²) in [6.07, 6.45) is 10.8. The van der Waals surface area contributed by atoms with Crippen LogP contribution in [-0.2, 0) is 14.3 Å². The number of nitrogens with two attached hydrogens (primary N) is 1. The zero-order chi connectivity index (χ0) is 18.7. The lowest BCUT2D eigenvalue weighted by Crippen LogP contribution is -2.34. The van der Waals surface area contributed by atoms with Crippen LogP contribution in [0.25, 0.3) is 11.0 Å². The van der Waals surface area contributed by atoms with Gasteiger partial charge in [-0.2, -0.15) is 4.98 Å². The Bertz CT molecular complexity index is 888. The van der Waals surface area contributed by atoms with Crippen molar-refractivity contribution < 1.29 is 14.3 Å². The molecule has 1 aliphatic rings. The van der Waals surface area contributed by atoms with Gasteiger partial charge in [0.25, 0.3) is 0 Å². The Morgan fingerprint density at radius 3 is 3.19 bits per heavy atom. The molecule has 0 unspecified atom stereocenters. The number of hydrogen-bond donors (Lipinski definition) is 1. The van der Waals surface area contributed by atoms with Crippen LogP contribution in [-0.4, -0.2) is 32.7 Å². The van der Waals surface area contributed by atoms with Gasteiger partial charge < -0.3 is 19.8 Å². The molecular formula is C18H19ClN4O3. The van der Waals surface area contributed by atoms with Crippen LogP contribution in [0.15, 0.2) is 24.9 Å². The molecule has 8 heteroatoms. The van der Waals surface area contributed by atoms with E-state index >= 15 is 0 Å². The average molecular weight is 375 g/mol. The van der Waals surface area contributed by atoms with Gasteiger partial charge in [0.15, 0.2) is 5.60 Å². The van der Waals surface area contributed by atoms with Gasteiger partial charge in [-0.05, 0) is 36.9 Å². The summed E-state index contributed by atoms with van der Waals surface area (Å²) in [7, 11) is 0. The Hall–Kier alpha value is -2.56. The molecular weight excluding hydrogens is 356 g/mol. The molecule has 0 aliphatic carbocycles. The molecule has 0 amide bonds. The average Bonchev–Trinajstić information content (AvgIpc) is 3.23. The minimum absolute atomic E-state index is 0.00700. The maximum Gasteiger partial charge on any atom is 0.306 e. The normalized spacial score (nSPS) is 22.2. The number of esters is 1. The van der Waals surface area contributed by atoms with Gasteiger partial charge in [-0.1, -0.05) is 12.0 Å². The number of anilines is 1. The van der Waals surface area contributed by atoms with Gasteiger partial charge in [0.1, 0.15) is 24.3 Å². The molecule has 26 heavy (non-hydrogen) atoms. The number of nitrogen functional groups attached to an aromatic ring is 1. The second kappa shape index (κ2) is 7.36. The fourth-order valence-electron chi connectivity index (χ4n) is 2.94. The van der Waals surface area contributed by atoms with Crippen molar-refractivity contribution in [3.63, 3.8) is 0 Å². The molecule has 0 saturated carbocycles. The lowest BCUT2D eigenvalue weighted by Gasteiger charge is -2.24. The van der Waals surface area contributed by atoms with Gasteiger partial charge in [0.05, 0.1) is 5.39 Å². The Labute approximate surface area is 156 Å². The maximum absolute atomic E-state index is 11.7. The lowest BCUT2D eigenvalue weighted by atomic mass is 10.0. The first-order valence-electron chi connectivity index (χ1n) is 8.19. The van der Waals surface area contributed by atoms with Crippen LogP contribution in [0.2, 0.25) is 5.28 Å². The number of allylic oxidation sites excluding steroid dienone is 1. The van der Waals surface area contributed by atoms with Crippen molar-refractivity contribution >= 4 is 34.4 Å². The molecule has 1 aliphatic heterocycles. The summed E-state index contributed by atoms with van der Waals surface area (Å²) in [5.74, 6) is 2.61. The van der Waals surface area contributed by atoms with Gasteiger partial charge >= 0.3 is 5.97 Å². The highest BCUT2D eigenvalue weighted by Gasteiger charge is 2.41. The van der Waals surface area contributed by atoms with Crippen molar-refractivity contribution in [2.75, 3.05) is 12.3 Å². The summed E-state index contributed by atoms with van der Waals surface area (Å²) in [4.78, 5) is 19.9. The summed E-state index contributed by atoms with van der Waals surface area (Å²) >= 11 is 5.92. The van der Waals surface area contributed by atoms with E-state index < -0.39 is 5.60 Å². The molecule has 0 bridgehead atoms. The number of halogens is 1. The van der Waals surface area contributed by atoms with Crippen LogP contribution in [0.4, 0.5) is 5.82 Å². The highest BCUT2D eigenvalue weighted by molar-refractivity contribution is 6.28. The zero-order valence-corrected chi connectivity index (χ0v) is 14.9. The van der Waals surface area contributed by atoms with Crippen LogP contribution in [0.5, 0.6) is 0 Å². The fourth-order valence-corrected chi connectivity index (χ4v) is 3.11. The van der Waals surface area contributed by atoms with Crippen molar-refractivity contribution in [3.8, 4) is 12.3 Å². The van der Waals surface area contributed by atoms with E-state index in [4.69, 9.17) is 33.2 Å². The summed E-state index contributed by atoms with van der Waals surface area (Å²) in [5, 5.41) is 0.749. The number of rotatable bonds is 6. The topological polar surface area (TPSA) is 92.3 Å². The highest BCUT2D eigenvalue weighted by Crippen LogP contribution is 2.38. The Kier molecular flexibility index (Phi) is 5.16. The molecule has 136 valence electrons. The summed E-state index contributed by atoms with van der Waals surface area (Å²) < 4.78 is 13.2. The molecule has 0 spiro atoms. The van der Waals surface area contributed by atoms with Crippen molar-refractivity contribution in [1.82, 2.24) is 14.5 Å². The molecule has 3 heterocycles. The first-order chi connectivity index (χ1) is 12.5. The lowest BCUT2D eigenvalue weighted by molar-refractivity contribution is -0.152. The van der Waals surface area contributed by atoms with Crippen molar-refractivity contribution in [1.29, 1.82) is 0 Å². The zero-order valence-electron chi connectivity index (χ0n) is 14.2. The van der Waals surface area contributed by atoms with Crippen molar-refractivity contribution in [3.05, 3.63) is 30.2 Å². The van der Waals surface area contributed by atoms with Gasteiger partial charge in [0.2, 0.25) is 5.28 Å². The van der Waals surface area contributed by atoms with E-state index in [1.54, 1.807) is 18.3 Å². The van der Waals surface area contributed by atoms with E-state index in [1.165, 1.54) is 0 Å². The molecule has 3 rings (SSSR count). The van der Waals surface area contributed by atoms with E-state index in [0.29, 0.717) is 36.1 Å². The predicted molar refractivity (Wildman–Crippen MR) is 98.3 cm³/mol. The third-order valence-electron chi connectivity index (χ3n) is 4.32. The molecule has 2 N–H and O–H groups in total. The van der Waals surface area contributed by atoms with Crippen LogP contribution in [0, 0.1) is 12.3 Å². The smallest absolute Gasteiger partial charge is 0.306 e. The van der Waals surface area contributed by atoms with Gasteiger partial charge in [-0.15, -0.1) is 13.0 Å². The monoisotopic (exact) mass is 374 g/mol. The number of nitrogens with zero attached hydrogens (tertiary/aromatic N) is 3. The first kappa shape index (κ1) is 18.2. The number of terminal acetylenes is 1. The minimum Gasteiger partial charge on any atom is -0.462 e. The molecule has 2 atom stereocenters. The van der Waals surface area contributed by atoms with Crippen LogP contribution < -0.4 is 5.73 Å². The Balaban J connectivity index is 1.76.